The van der Waals surface area contributed by atoms with Gasteiger partial charge in [-0.3, -0.25) is 4.79 Å². The molecule has 0 saturated carbocycles. The fourth-order valence-corrected chi connectivity index (χ4v) is 4.93. The summed E-state index contributed by atoms with van der Waals surface area (Å²) in [6.45, 7) is 1.85. The Morgan fingerprint density at radius 3 is 2.75 bits per heavy atom. The quantitative estimate of drug-likeness (QED) is 0.670. The molecule has 0 bridgehead atoms. The first-order chi connectivity index (χ1) is 15.5. The molecule has 2 saturated heterocycles. The van der Waals surface area contributed by atoms with Crippen LogP contribution >= 0.6 is 0 Å². The zero-order valence-corrected chi connectivity index (χ0v) is 17.8. The molecule has 5 rings (SSSR count). The summed E-state index contributed by atoms with van der Waals surface area (Å²) in [5, 5.41) is 14.2. The van der Waals surface area contributed by atoms with Gasteiger partial charge in [-0.2, -0.15) is 5.10 Å². The zero-order chi connectivity index (χ0) is 22.2. The fraction of sp³-hybridized carbons (Fsp3) is 0.417. The van der Waals surface area contributed by atoms with Crippen LogP contribution in [0.15, 0.2) is 42.7 Å². The number of carbonyl (C=O) groups is 1. The number of carbonyl (C=O) groups excluding carboxylic acids is 1. The lowest BCUT2D eigenvalue weighted by molar-refractivity contribution is 0.0755. The molecule has 3 aromatic rings. The van der Waals surface area contributed by atoms with Crippen molar-refractivity contribution < 1.29 is 18.7 Å². The van der Waals surface area contributed by atoms with Crippen LogP contribution < -0.4 is 4.90 Å². The summed E-state index contributed by atoms with van der Waals surface area (Å²) in [4.78, 5) is 17.1. The van der Waals surface area contributed by atoms with Crippen molar-refractivity contribution in [3.63, 3.8) is 0 Å². The number of benzene rings is 1. The molecule has 8 heteroatoms. The molecule has 0 spiro atoms. The van der Waals surface area contributed by atoms with E-state index in [1.807, 2.05) is 12.1 Å². The normalized spacial score (nSPS) is 21.8. The van der Waals surface area contributed by atoms with Gasteiger partial charge in [0.25, 0.3) is 5.91 Å². The van der Waals surface area contributed by atoms with Crippen molar-refractivity contribution >= 4 is 17.1 Å². The standard InChI is InChI=1S/C24H26F2N4O2/c25-16-5-6-21(26)19(13-16)22-4-2-10-29(22)17-7-12-30-23(14-17)20(15-27-30)24(32)28-9-1-3-18(31)8-11-28/h5-7,12-15,18,22,31H,1-4,8-11H2. The van der Waals surface area contributed by atoms with Crippen LogP contribution in [0.1, 0.15) is 54.1 Å². The molecular weight excluding hydrogens is 414 g/mol. The smallest absolute Gasteiger partial charge is 0.257 e. The molecule has 6 nitrogen and oxygen atoms in total. The van der Waals surface area contributed by atoms with E-state index in [1.54, 1.807) is 21.8 Å². The van der Waals surface area contributed by atoms with Gasteiger partial charge in [-0.15, -0.1) is 0 Å². The van der Waals surface area contributed by atoms with Crippen LogP contribution in [0.3, 0.4) is 0 Å². The Labute approximate surface area is 185 Å². The molecule has 1 N–H and O–H groups in total. The van der Waals surface area contributed by atoms with E-state index in [0.717, 1.165) is 37.6 Å². The Hall–Kier alpha value is -3.00. The Morgan fingerprint density at radius 2 is 1.88 bits per heavy atom. The van der Waals surface area contributed by atoms with Gasteiger partial charge in [-0.25, -0.2) is 13.3 Å². The number of hydrogen-bond donors (Lipinski definition) is 1. The van der Waals surface area contributed by atoms with Crippen molar-refractivity contribution in [3.8, 4) is 0 Å². The number of likely N-dealkylation sites (tertiary alicyclic amines) is 1. The highest BCUT2D eigenvalue weighted by Gasteiger charge is 2.30. The predicted molar refractivity (Wildman–Crippen MR) is 117 cm³/mol. The van der Waals surface area contributed by atoms with Gasteiger partial charge in [-0.1, -0.05) is 0 Å². The van der Waals surface area contributed by atoms with Crippen molar-refractivity contribution in [1.82, 2.24) is 14.5 Å². The molecule has 2 aromatic heterocycles. The van der Waals surface area contributed by atoms with Crippen molar-refractivity contribution in [3.05, 3.63) is 65.5 Å². The highest BCUT2D eigenvalue weighted by Crippen LogP contribution is 2.38. The van der Waals surface area contributed by atoms with Crippen molar-refractivity contribution in [2.45, 2.75) is 44.2 Å². The zero-order valence-electron chi connectivity index (χ0n) is 17.8. The molecule has 168 valence electrons. The average Bonchev–Trinajstić information content (AvgIpc) is 3.38. The Balaban J connectivity index is 1.47. The number of aliphatic hydroxyl groups is 1. The van der Waals surface area contributed by atoms with Gasteiger partial charge in [0.1, 0.15) is 11.6 Å². The number of nitrogens with zero attached hydrogens (tertiary/aromatic N) is 4. The molecule has 4 heterocycles. The van der Waals surface area contributed by atoms with Gasteiger partial charge in [0.05, 0.1) is 29.4 Å². The summed E-state index contributed by atoms with van der Waals surface area (Å²) in [5.41, 5.74) is 2.40. The van der Waals surface area contributed by atoms with Gasteiger partial charge >= 0.3 is 0 Å². The summed E-state index contributed by atoms with van der Waals surface area (Å²) < 4.78 is 30.0. The molecule has 2 aliphatic heterocycles. The third-order valence-electron chi connectivity index (χ3n) is 6.62. The van der Waals surface area contributed by atoms with Crippen LogP contribution in [0.4, 0.5) is 14.5 Å². The minimum atomic E-state index is -0.449. The predicted octanol–water partition coefficient (Wildman–Crippen LogP) is 3.94. The highest BCUT2D eigenvalue weighted by atomic mass is 19.1. The summed E-state index contributed by atoms with van der Waals surface area (Å²) in [5.74, 6) is -0.955. The number of halogens is 2. The van der Waals surface area contributed by atoms with E-state index in [-0.39, 0.29) is 18.1 Å². The van der Waals surface area contributed by atoms with Crippen molar-refractivity contribution in [2.24, 2.45) is 0 Å². The molecule has 32 heavy (non-hydrogen) atoms. The second-order valence-electron chi connectivity index (χ2n) is 8.67. The lowest BCUT2D eigenvalue weighted by atomic mass is 10.0. The summed E-state index contributed by atoms with van der Waals surface area (Å²) in [6.07, 6.45) is 6.66. The second kappa shape index (κ2) is 8.50. The van der Waals surface area contributed by atoms with Gasteiger partial charge in [0, 0.05) is 37.1 Å². The molecule has 2 atom stereocenters. The topological polar surface area (TPSA) is 61.1 Å². The van der Waals surface area contributed by atoms with Crippen LogP contribution in [0.2, 0.25) is 0 Å². The first-order valence-electron chi connectivity index (χ1n) is 11.2. The van der Waals surface area contributed by atoms with E-state index >= 15 is 0 Å². The lowest BCUT2D eigenvalue weighted by Crippen LogP contribution is -2.32. The summed E-state index contributed by atoms with van der Waals surface area (Å²) in [6, 6.07) is 7.13. The number of fused-ring (bicyclic) bond motifs is 1. The van der Waals surface area contributed by atoms with E-state index in [4.69, 9.17) is 0 Å². The minimum absolute atomic E-state index is 0.0969. The first kappa shape index (κ1) is 20.9. The Morgan fingerprint density at radius 1 is 1.03 bits per heavy atom. The molecule has 2 aliphatic rings. The van der Waals surface area contributed by atoms with Gasteiger partial charge in [0.2, 0.25) is 0 Å². The molecule has 0 radical (unpaired) electrons. The SMILES string of the molecule is O=C(c1cnn2ccc(N3CCCC3c3cc(F)ccc3F)cc12)N1CCCC(O)CC1. The van der Waals surface area contributed by atoms with E-state index < -0.39 is 11.6 Å². The number of aliphatic hydroxyl groups excluding tert-OH is 1. The fourth-order valence-electron chi connectivity index (χ4n) is 4.93. The number of amides is 1. The maximum Gasteiger partial charge on any atom is 0.257 e. The van der Waals surface area contributed by atoms with E-state index in [2.05, 4.69) is 10.00 Å². The van der Waals surface area contributed by atoms with Crippen LogP contribution in [-0.2, 0) is 0 Å². The second-order valence-corrected chi connectivity index (χ2v) is 8.67. The first-order valence-corrected chi connectivity index (χ1v) is 11.2. The number of anilines is 1. The number of aromatic nitrogens is 2. The maximum absolute atomic E-state index is 14.5. The van der Waals surface area contributed by atoms with Gasteiger partial charge in [-0.05, 0) is 62.4 Å². The summed E-state index contributed by atoms with van der Waals surface area (Å²) >= 11 is 0. The van der Waals surface area contributed by atoms with Crippen molar-refractivity contribution in [1.29, 1.82) is 0 Å². The molecule has 2 unspecified atom stereocenters. The molecule has 1 aromatic carbocycles. The van der Waals surface area contributed by atoms with E-state index in [9.17, 15) is 18.7 Å². The number of hydrogen-bond acceptors (Lipinski definition) is 4. The number of pyridine rings is 1. The maximum atomic E-state index is 14.5. The molecule has 1 amide bonds. The van der Waals surface area contributed by atoms with E-state index in [1.165, 1.54) is 12.1 Å². The Kier molecular flexibility index (Phi) is 5.55. The summed E-state index contributed by atoms with van der Waals surface area (Å²) in [7, 11) is 0. The number of rotatable bonds is 3. The van der Waals surface area contributed by atoms with Crippen LogP contribution in [-0.4, -0.2) is 51.3 Å². The average molecular weight is 440 g/mol. The molecule has 2 fully saturated rings. The molecule has 0 aliphatic carbocycles. The van der Waals surface area contributed by atoms with Gasteiger partial charge in [0.15, 0.2) is 0 Å². The van der Waals surface area contributed by atoms with Gasteiger partial charge < -0.3 is 14.9 Å². The molecular formula is C24H26F2N4O2. The highest BCUT2D eigenvalue weighted by molar-refractivity contribution is 6.01. The largest absolute Gasteiger partial charge is 0.393 e. The third-order valence-corrected chi connectivity index (χ3v) is 6.62. The monoisotopic (exact) mass is 440 g/mol. The van der Waals surface area contributed by atoms with Crippen LogP contribution in [0.25, 0.3) is 5.52 Å². The van der Waals surface area contributed by atoms with Crippen LogP contribution in [0, 0.1) is 11.6 Å². The van der Waals surface area contributed by atoms with Crippen LogP contribution in [0.5, 0.6) is 0 Å². The lowest BCUT2D eigenvalue weighted by Gasteiger charge is -2.27. The minimum Gasteiger partial charge on any atom is -0.393 e. The third kappa shape index (κ3) is 3.83. The Bertz CT molecular complexity index is 1150. The van der Waals surface area contributed by atoms with Crippen molar-refractivity contribution in [2.75, 3.05) is 24.5 Å². The van der Waals surface area contributed by atoms with E-state index in [0.29, 0.717) is 42.6 Å².